The zero-order chi connectivity index (χ0) is 43.9. The summed E-state index contributed by atoms with van der Waals surface area (Å²) in [6.07, 6.45) is 0. The number of methoxy groups -OCH3 is 1. The maximum atomic E-state index is 14.4. The summed E-state index contributed by atoms with van der Waals surface area (Å²) in [6, 6.07) is 13.6. The van der Waals surface area contributed by atoms with Gasteiger partial charge in [0.05, 0.1) is 7.11 Å². The van der Waals surface area contributed by atoms with Crippen LogP contribution in [0.2, 0.25) is 0 Å². The molecule has 0 saturated heterocycles. The number of aromatic carboxylic acids is 2. The summed E-state index contributed by atoms with van der Waals surface area (Å²) >= 11 is 1.68. The summed E-state index contributed by atoms with van der Waals surface area (Å²) in [6.45, 7) is 2.78. The molecule has 4 heterocycles. The van der Waals surface area contributed by atoms with Crippen molar-refractivity contribution in [2.45, 2.75) is 13.8 Å². The molecule has 4 N–H and O–H groups in total. The van der Waals surface area contributed by atoms with Gasteiger partial charge >= 0.3 is 23.8 Å². The largest absolute Gasteiger partial charge is 0.497 e. The first-order valence-corrected chi connectivity index (χ1v) is 19.0. The molecule has 0 bridgehead atoms. The van der Waals surface area contributed by atoms with Gasteiger partial charge in [-0.3, -0.25) is 9.59 Å². The van der Waals surface area contributed by atoms with Crippen LogP contribution in [0, 0.1) is 42.9 Å². The highest BCUT2D eigenvalue weighted by Crippen LogP contribution is 2.40. The van der Waals surface area contributed by atoms with Gasteiger partial charge in [-0.15, -0.1) is 22.7 Å². The predicted molar refractivity (Wildman–Crippen MR) is 213 cm³/mol. The second-order valence-corrected chi connectivity index (χ2v) is 14.6. The van der Waals surface area contributed by atoms with Crippen LogP contribution in [-0.4, -0.2) is 51.0 Å². The highest BCUT2D eigenvalue weighted by molar-refractivity contribution is 7.15. The molecule has 4 aromatic carbocycles. The quantitative estimate of drug-likeness (QED) is 0.101. The van der Waals surface area contributed by atoms with E-state index >= 15 is 0 Å². The van der Waals surface area contributed by atoms with Crippen molar-refractivity contribution in [3.63, 3.8) is 0 Å². The van der Waals surface area contributed by atoms with Crippen LogP contribution < -0.4 is 15.4 Å². The van der Waals surface area contributed by atoms with Crippen LogP contribution in [0.5, 0.6) is 5.75 Å². The van der Waals surface area contributed by atoms with E-state index in [1.54, 1.807) is 18.2 Å². The van der Waals surface area contributed by atoms with Gasteiger partial charge in [-0.25, -0.2) is 41.5 Å². The fourth-order valence-electron chi connectivity index (χ4n) is 5.87. The number of rotatable bonds is 9. The topological polar surface area (TPSA) is 194 Å². The molecule has 0 unspecified atom stereocenters. The number of amides is 2. The third-order valence-electron chi connectivity index (χ3n) is 8.93. The summed E-state index contributed by atoms with van der Waals surface area (Å²) in [5, 5.41) is 26.5. The van der Waals surface area contributed by atoms with E-state index in [0.29, 0.717) is 16.8 Å². The molecule has 0 aliphatic heterocycles. The average molecular weight is 877 g/mol. The van der Waals surface area contributed by atoms with Gasteiger partial charge in [0.1, 0.15) is 43.7 Å². The first-order chi connectivity index (χ1) is 29.1. The standard InChI is InChI=1S/C21H14F2N2O5S.C20H11F3N2O4S/c1-9-3-5-11(17(23)16(9)22)12-8-31-20(15(12)21(27)28)25-18(26)19-24-13-7-10(29-2)4-6-14(13)30-19;1-8-2-4-10(16(23)15(8)22)11-7-30-19(14(11)20(27)28)25-17(26)18-24-12-5-3-9(21)6-13(12)29-18/h3-8H,1-2H3,(H,25,26)(H,27,28);2-7H,1H3,(H,25,26)(H,27,28). The maximum absolute atomic E-state index is 14.4. The fraction of sp³-hybridized carbons (Fsp3) is 0.0732. The number of oxazole rings is 2. The SMILES string of the molecule is COc1ccc2oc(C(=O)Nc3scc(-c4ccc(C)c(F)c4F)c3C(=O)O)nc2c1.Cc1ccc(-c2csc(NC(=O)c3nc4ccc(F)cc4o3)c2C(=O)O)c(F)c1F. The minimum atomic E-state index is -1.44. The molecule has 13 nitrogen and oxygen atoms in total. The van der Waals surface area contributed by atoms with Gasteiger partial charge in [0.25, 0.3) is 11.8 Å². The van der Waals surface area contributed by atoms with Gasteiger partial charge in [0.15, 0.2) is 34.4 Å². The van der Waals surface area contributed by atoms with Crippen LogP contribution in [0.4, 0.5) is 32.0 Å². The summed E-state index contributed by atoms with van der Waals surface area (Å²) in [7, 11) is 1.49. The van der Waals surface area contributed by atoms with Gasteiger partial charge in [-0.1, -0.05) is 24.3 Å². The Morgan fingerprint density at radius 2 is 1.10 bits per heavy atom. The van der Waals surface area contributed by atoms with E-state index in [9.17, 15) is 51.3 Å². The molecule has 0 aliphatic carbocycles. The lowest BCUT2D eigenvalue weighted by atomic mass is 10.0. The number of benzene rings is 4. The van der Waals surface area contributed by atoms with Crippen molar-refractivity contribution >= 4 is 78.6 Å². The number of anilines is 2. The first kappa shape index (κ1) is 41.7. The number of carbonyl (C=O) groups excluding carboxylic acids is 2. The minimum absolute atomic E-state index is 0.0441. The second kappa shape index (κ2) is 16.7. The minimum Gasteiger partial charge on any atom is -0.497 e. The summed E-state index contributed by atoms with van der Waals surface area (Å²) in [4.78, 5) is 56.7. The highest BCUT2D eigenvalue weighted by atomic mass is 32.1. The molecule has 61 heavy (non-hydrogen) atoms. The number of nitrogens with one attached hydrogen (secondary N) is 2. The first-order valence-electron chi connectivity index (χ1n) is 17.3. The third kappa shape index (κ3) is 8.13. The molecular formula is C41H25F5N4O9S2. The molecule has 8 aromatic rings. The normalized spacial score (nSPS) is 11.0. The van der Waals surface area contributed by atoms with Crippen molar-refractivity contribution in [2.75, 3.05) is 17.7 Å². The highest BCUT2D eigenvalue weighted by Gasteiger charge is 2.28. The number of hydrogen-bond acceptors (Lipinski definition) is 11. The predicted octanol–water partition coefficient (Wildman–Crippen LogP) is 10.3. The molecule has 0 aliphatic rings. The average Bonchev–Trinajstić information content (AvgIpc) is 4.04. The smallest absolute Gasteiger partial charge is 0.339 e. The van der Waals surface area contributed by atoms with Crippen LogP contribution in [-0.2, 0) is 0 Å². The van der Waals surface area contributed by atoms with Crippen LogP contribution in [0.3, 0.4) is 0 Å². The van der Waals surface area contributed by atoms with Gasteiger partial charge < -0.3 is 34.4 Å². The van der Waals surface area contributed by atoms with Crippen molar-refractivity contribution in [3.05, 3.63) is 135 Å². The molecule has 310 valence electrons. The zero-order valence-corrected chi connectivity index (χ0v) is 32.9. The lowest BCUT2D eigenvalue weighted by Crippen LogP contribution is -2.14. The number of fused-ring (bicyclic) bond motifs is 2. The molecular weight excluding hydrogens is 852 g/mol. The number of carboxylic acid groups (broad SMARTS) is 2. The molecule has 8 rings (SSSR count). The van der Waals surface area contributed by atoms with Crippen molar-refractivity contribution in [3.8, 4) is 28.0 Å². The van der Waals surface area contributed by atoms with Crippen LogP contribution >= 0.6 is 22.7 Å². The lowest BCUT2D eigenvalue weighted by molar-refractivity contribution is 0.0688. The Bertz CT molecular complexity index is 3080. The Labute approximate surface area is 346 Å². The summed E-state index contributed by atoms with van der Waals surface area (Å²) < 4.78 is 85.7. The Morgan fingerprint density at radius 3 is 1.59 bits per heavy atom. The molecule has 0 spiro atoms. The molecule has 4 aromatic heterocycles. The number of thiophene rings is 2. The second-order valence-electron chi connectivity index (χ2n) is 12.8. The van der Waals surface area contributed by atoms with E-state index in [0.717, 1.165) is 34.8 Å². The molecule has 0 fully saturated rings. The van der Waals surface area contributed by atoms with Crippen molar-refractivity contribution in [1.82, 2.24) is 9.97 Å². The Morgan fingerprint density at radius 1 is 0.607 bits per heavy atom. The number of ether oxygens (including phenoxy) is 1. The number of halogens is 5. The van der Waals surface area contributed by atoms with Crippen LogP contribution in [0.15, 0.2) is 80.3 Å². The molecule has 0 saturated carbocycles. The summed E-state index contributed by atoms with van der Waals surface area (Å²) in [5.74, 6) is -9.76. The van der Waals surface area contributed by atoms with E-state index in [2.05, 4.69) is 20.6 Å². The van der Waals surface area contributed by atoms with Gasteiger partial charge in [0, 0.05) is 45.1 Å². The van der Waals surface area contributed by atoms with E-state index in [4.69, 9.17) is 13.6 Å². The third-order valence-corrected chi connectivity index (χ3v) is 10.7. The Hall–Kier alpha value is -7.45. The van der Waals surface area contributed by atoms with Crippen molar-refractivity contribution in [2.24, 2.45) is 0 Å². The van der Waals surface area contributed by atoms with E-state index in [1.807, 2.05) is 0 Å². The Kier molecular flexibility index (Phi) is 11.4. The lowest BCUT2D eigenvalue weighted by Gasteiger charge is -2.07. The maximum Gasteiger partial charge on any atom is 0.339 e. The number of nitrogens with zero attached hydrogens (tertiary/aromatic N) is 2. The van der Waals surface area contributed by atoms with Gasteiger partial charge in [-0.05, 0) is 49.2 Å². The van der Waals surface area contributed by atoms with Crippen molar-refractivity contribution in [1.29, 1.82) is 0 Å². The number of aromatic nitrogens is 2. The van der Waals surface area contributed by atoms with Crippen LogP contribution in [0.1, 0.15) is 53.2 Å². The molecule has 20 heteroatoms. The molecule has 0 radical (unpaired) electrons. The Balaban J connectivity index is 0.000000184. The summed E-state index contributed by atoms with van der Waals surface area (Å²) in [5.41, 5.74) is -0.192. The van der Waals surface area contributed by atoms with Crippen LogP contribution in [0.25, 0.3) is 44.5 Å². The molecule has 2 amide bonds. The zero-order valence-electron chi connectivity index (χ0n) is 31.3. The fourth-order valence-corrected chi connectivity index (χ4v) is 7.76. The number of carboxylic acids is 2. The number of hydrogen-bond donors (Lipinski definition) is 4. The van der Waals surface area contributed by atoms with E-state index < -0.39 is 64.3 Å². The van der Waals surface area contributed by atoms with E-state index in [1.165, 1.54) is 62.0 Å². The van der Waals surface area contributed by atoms with Gasteiger partial charge in [0.2, 0.25) is 0 Å². The molecule has 0 atom stereocenters. The number of aryl methyl sites for hydroxylation is 2. The van der Waals surface area contributed by atoms with Crippen molar-refractivity contribution < 1.29 is 64.9 Å². The number of carbonyl (C=O) groups is 4. The van der Waals surface area contributed by atoms with Gasteiger partial charge in [-0.2, -0.15) is 0 Å². The monoisotopic (exact) mass is 876 g/mol. The van der Waals surface area contributed by atoms with E-state index in [-0.39, 0.29) is 65.9 Å².